The van der Waals surface area contributed by atoms with Crippen LogP contribution in [0.2, 0.25) is 0 Å². The van der Waals surface area contributed by atoms with E-state index >= 15 is 0 Å². The van der Waals surface area contributed by atoms with Gasteiger partial charge in [-0.25, -0.2) is 18.1 Å². The highest BCUT2D eigenvalue weighted by molar-refractivity contribution is 7.89. The Balaban J connectivity index is 1.03. The van der Waals surface area contributed by atoms with Gasteiger partial charge in [0.2, 0.25) is 15.9 Å². The molecule has 0 bridgehead atoms. The van der Waals surface area contributed by atoms with Gasteiger partial charge >= 0.3 is 0 Å². The van der Waals surface area contributed by atoms with Crippen LogP contribution in [0.1, 0.15) is 69.5 Å². The van der Waals surface area contributed by atoms with E-state index < -0.39 is 16.1 Å². The molecule has 3 aromatic carbocycles. The van der Waals surface area contributed by atoms with Gasteiger partial charge in [0.15, 0.2) is 0 Å². The maximum atomic E-state index is 12.8. The van der Waals surface area contributed by atoms with E-state index in [0.29, 0.717) is 25.2 Å². The molecule has 11 nitrogen and oxygen atoms in total. The SMILES string of the molecule is CCNS(=O)(=O)c1ccc(CNC(=O)c2ccc(CNC(=O)Cc3cccc(C[C@@H](C)NC[C@H](O)c4ccc(-n5c(C)ccc5C)nc4)c3)cc2)cc1. The second-order valence-electron chi connectivity index (χ2n) is 13.2. The fourth-order valence-electron chi connectivity index (χ4n) is 6.05. The van der Waals surface area contributed by atoms with Crippen LogP contribution in [0.4, 0.5) is 0 Å². The lowest BCUT2D eigenvalue weighted by molar-refractivity contribution is -0.120. The molecule has 0 radical (unpaired) electrons. The molecule has 53 heavy (non-hydrogen) atoms. The Bertz CT molecular complexity index is 2080. The molecule has 0 spiro atoms. The lowest BCUT2D eigenvalue weighted by Gasteiger charge is -2.18. The summed E-state index contributed by atoms with van der Waals surface area (Å²) in [4.78, 5) is 30.2. The van der Waals surface area contributed by atoms with Gasteiger partial charge in [0, 0.05) is 60.9 Å². The number of carbonyl (C=O) groups is 2. The Morgan fingerprint density at radius 2 is 1.45 bits per heavy atom. The number of nitrogens with zero attached hydrogens (tertiary/aromatic N) is 2. The van der Waals surface area contributed by atoms with Crippen molar-refractivity contribution in [3.05, 3.63) is 148 Å². The number of nitrogens with one attached hydrogen (secondary N) is 4. The number of aromatic nitrogens is 2. The average Bonchev–Trinajstić information content (AvgIpc) is 3.49. The first-order chi connectivity index (χ1) is 25.4. The largest absolute Gasteiger partial charge is 0.387 e. The van der Waals surface area contributed by atoms with Crippen LogP contribution in [0, 0.1) is 13.8 Å². The quantitative estimate of drug-likeness (QED) is 0.0917. The van der Waals surface area contributed by atoms with Gasteiger partial charge in [-0.15, -0.1) is 0 Å². The number of hydrogen-bond donors (Lipinski definition) is 5. The maximum Gasteiger partial charge on any atom is 0.251 e. The summed E-state index contributed by atoms with van der Waals surface area (Å²) in [6, 6.07) is 29.4. The predicted molar refractivity (Wildman–Crippen MR) is 206 cm³/mol. The topological polar surface area (TPSA) is 154 Å². The number of aliphatic hydroxyl groups excluding tert-OH is 1. The predicted octanol–water partition coefficient (Wildman–Crippen LogP) is 4.83. The molecular weight excluding hydrogens is 689 g/mol. The van der Waals surface area contributed by atoms with Crippen LogP contribution in [0.3, 0.4) is 0 Å². The Morgan fingerprint density at radius 1 is 0.811 bits per heavy atom. The Morgan fingerprint density at radius 3 is 2.09 bits per heavy atom. The molecule has 2 atom stereocenters. The molecule has 0 fully saturated rings. The third kappa shape index (κ3) is 10.9. The van der Waals surface area contributed by atoms with Gasteiger partial charge in [-0.2, -0.15) is 0 Å². The van der Waals surface area contributed by atoms with Crippen molar-refractivity contribution in [1.82, 2.24) is 30.2 Å². The van der Waals surface area contributed by atoms with Crippen molar-refractivity contribution in [2.75, 3.05) is 13.1 Å². The van der Waals surface area contributed by atoms with E-state index in [1.54, 1.807) is 49.5 Å². The van der Waals surface area contributed by atoms with Gasteiger partial charge in [-0.3, -0.25) is 9.59 Å². The maximum absolute atomic E-state index is 12.8. The van der Waals surface area contributed by atoms with Gasteiger partial charge in [0.1, 0.15) is 5.82 Å². The fraction of sp³-hybridized carbons (Fsp3) is 0.293. The number of benzene rings is 3. The van der Waals surface area contributed by atoms with E-state index in [4.69, 9.17) is 0 Å². The summed E-state index contributed by atoms with van der Waals surface area (Å²) in [5.41, 5.74) is 7.08. The molecule has 0 aliphatic rings. The Hall–Kier alpha value is -5.14. The number of aliphatic hydroxyl groups is 1. The van der Waals surface area contributed by atoms with Crippen LogP contribution in [0.25, 0.3) is 5.82 Å². The van der Waals surface area contributed by atoms with Crippen molar-refractivity contribution in [2.45, 2.75) is 70.7 Å². The molecule has 2 aromatic heterocycles. The first kappa shape index (κ1) is 39.1. The zero-order valence-corrected chi connectivity index (χ0v) is 31.4. The molecule has 2 amide bonds. The van der Waals surface area contributed by atoms with Crippen LogP contribution in [0.15, 0.2) is 108 Å². The van der Waals surface area contributed by atoms with Crippen molar-refractivity contribution in [2.24, 2.45) is 0 Å². The van der Waals surface area contributed by atoms with Crippen LogP contribution in [-0.4, -0.2) is 54.0 Å². The molecular formula is C41H48N6O5S. The molecule has 0 aliphatic heterocycles. The summed E-state index contributed by atoms with van der Waals surface area (Å²) in [7, 11) is -3.53. The molecule has 5 N–H and O–H groups in total. The van der Waals surface area contributed by atoms with Crippen molar-refractivity contribution in [1.29, 1.82) is 0 Å². The van der Waals surface area contributed by atoms with Crippen LogP contribution in [-0.2, 0) is 40.7 Å². The summed E-state index contributed by atoms with van der Waals surface area (Å²) in [5.74, 6) is 0.461. The number of sulfonamides is 1. The first-order valence-corrected chi connectivity index (χ1v) is 19.2. The second-order valence-corrected chi connectivity index (χ2v) is 15.0. The monoisotopic (exact) mass is 736 g/mol. The zero-order chi connectivity index (χ0) is 38.0. The summed E-state index contributed by atoms with van der Waals surface area (Å²) >= 11 is 0. The van der Waals surface area contributed by atoms with Gasteiger partial charge in [-0.05, 0) is 91.9 Å². The summed E-state index contributed by atoms with van der Waals surface area (Å²) in [5, 5.41) is 20.0. The van der Waals surface area contributed by atoms with Crippen LogP contribution >= 0.6 is 0 Å². The van der Waals surface area contributed by atoms with E-state index in [-0.39, 0.29) is 35.7 Å². The second kappa shape index (κ2) is 18.1. The smallest absolute Gasteiger partial charge is 0.251 e. The molecule has 5 rings (SSSR count). The third-order valence-electron chi connectivity index (χ3n) is 8.94. The lowest BCUT2D eigenvalue weighted by Crippen LogP contribution is -2.32. The number of rotatable bonds is 17. The van der Waals surface area contributed by atoms with Gasteiger partial charge in [-0.1, -0.05) is 61.5 Å². The minimum atomic E-state index is -3.53. The average molecular weight is 737 g/mol. The third-order valence-corrected chi connectivity index (χ3v) is 10.5. The molecule has 0 unspecified atom stereocenters. The van der Waals surface area contributed by atoms with Crippen molar-refractivity contribution in [3.63, 3.8) is 0 Å². The standard InChI is InChI=1S/C41H48N6O5S/c1-5-46-53(51,52)37-18-13-32(14-19-37)25-45-41(50)35-15-11-31(12-16-35)24-44-40(49)23-34-8-6-7-33(22-34)21-28(2)42-27-38(48)36-17-20-39(43-26-36)47-29(3)9-10-30(47)4/h6-20,22,26,28,38,42,46,48H,5,21,23-25,27H2,1-4H3,(H,44,49)(H,45,50)/t28-,38+/m1/s1. The molecule has 2 heterocycles. The highest BCUT2D eigenvalue weighted by atomic mass is 32.2. The minimum Gasteiger partial charge on any atom is -0.387 e. The van der Waals surface area contributed by atoms with Crippen molar-refractivity contribution >= 4 is 21.8 Å². The summed E-state index contributed by atoms with van der Waals surface area (Å²) < 4.78 is 28.8. The number of aryl methyl sites for hydroxylation is 2. The van der Waals surface area contributed by atoms with Gasteiger partial charge in [0.05, 0.1) is 17.4 Å². The molecule has 12 heteroatoms. The fourth-order valence-corrected chi connectivity index (χ4v) is 7.09. The van der Waals surface area contributed by atoms with E-state index in [1.807, 2.05) is 50.2 Å². The minimum absolute atomic E-state index is 0.0944. The van der Waals surface area contributed by atoms with E-state index in [1.165, 1.54) is 12.1 Å². The molecule has 0 saturated heterocycles. The number of amides is 2. The van der Waals surface area contributed by atoms with Crippen molar-refractivity contribution < 1.29 is 23.1 Å². The lowest BCUT2D eigenvalue weighted by atomic mass is 10.0. The molecule has 0 saturated carbocycles. The Kier molecular flexibility index (Phi) is 13.3. The number of hydrogen-bond acceptors (Lipinski definition) is 7. The molecule has 278 valence electrons. The number of pyridine rings is 1. The van der Waals surface area contributed by atoms with E-state index in [2.05, 4.69) is 49.3 Å². The van der Waals surface area contributed by atoms with Gasteiger partial charge in [0.25, 0.3) is 5.91 Å². The van der Waals surface area contributed by atoms with Crippen LogP contribution < -0.4 is 20.7 Å². The van der Waals surface area contributed by atoms with Gasteiger partial charge < -0.3 is 25.6 Å². The Labute approximate surface area is 311 Å². The molecule has 5 aromatic rings. The first-order valence-electron chi connectivity index (χ1n) is 17.7. The molecule has 0 aliphatic carbocycles. The van der Waals surface area contributed by atoms with Crippen LogP contribution in [0.5, 0.6) is 0 Å². The van der Waals surface area contributed by atoms with E-state index in [0.717, 1.165) is 51.4 Å². The number of carbonyl (C=O) groups excluding carboxylic acids is 2. The highest BCUT2D eigenvalue weighted by Gasteiger charge is 2.14. The van der Waals surface area contributed by atoms with Crippen molar-refractivity contribution in [3.8, 4) is 5.82 Å². The zero-order valence-electron chi connectivity index (χ0n) is 30.6. The summed E-state index contributed by atoms with van der Waals surface area (Å²) in [6.45, 7) is 9.14. The highest BCUT2D eigenvalue weighted by Crippen LogP contribution is 2.18. The van der Waals surface area contributed by atoms with E-state index in [9.17, 15) is 23.1 Å². The normalized spacial score (nSPS) is 12.6. The summed E-state index contributed by atoms with van der Waals surface area (Å²) in [6.07, 6.45) is 2.01.